The minimum atomic E-state index is -2.89. The molecule has 0 amide bonds. The van der Waals surface area contributed by atoms with Crippen LogP contribution in [0.4, 0.5) is 8.78 Å². The van der Waals surface area contributed by atoms with Crippen LogP contribution >= 0.6 is 0 Å². The van der Waals surface area contributed by atoms with Gasteiger partial charge in [0.05, 0.1) is 11.6 Å². The van der Waals surface area contributed by atoms with E-state index in [0.29, 0.717) is 0 Å². The summed E-state index contributed by atoms with van der Waals surface area (Å²) in [4.78, 5) is 13.9. The number of rotatable bonds is 2. The molecule has 0 saturated carbocycles. The van der Waals surface area contributed by atoms with Gasteiger partial charge in [0.15, 0.2) is 5.69 Å². The molecule has 4 nitrogen and oxygen atoms in total. The average Bonchev–Trinajstić information content (AvgIpc) is 2.17. The van der Waals surface area contributed by atoms with E-state index in [2.05, 4.69) is 4.98 Å². The number of hydrogen-bond donors (Lipinski definition) is 1. The van der Waals surface area contributed by atoms with E-state index in [0.717, 1.165) is 6.07 Å². The Balaban J connectivity index is 3.47. The number of aromatic carboxylic acids is 1. The maximum absolute atomic E-state index is 12.3. The molecule has 15 heavy (non-hydrogen) atoms. The summed E-state index contributed by atoms with van der Waals surface area (Å²) in [6.07, 6.45) is -2.89. The number of aromatic nitrogens is 1. The Morgan fingerprint density at radius 3 is 2.67 bits per heavy atom. The molecule has 0 bridgehead atoms. The Morgan fingerprint density at radius 1 is 1.67 bits per heavy atom. The highest BCUT2D eigenvalue weighted by Gasteiger charge is 2.18. The average molecular weight is 212 g/mol. The number of carboxylic acids is 1. The normalized spacial score (nSPS) is 10.1. The van der Waals surface area contributed by atoms with Crippen LogP contribution in [0, 0.1) is 18.3 Å². The second-order valence-electron chi connectivity index (χ2n) is 2.79. The molecule has 1 rings (SSSR count). The summed E-state index contributed by atoms with van der Waals surface area (Å²) in [6, 6.07) is 2.54. The number of carboxylic acid groups (broad SMARTS) is 1. The van der Waals surface area contributed by atoms with Gasteiger partial charge in [0.1, 0.15) is 5.69 Å². The summed E-state index contributed by atoms with van der Waals surface area (Å²) in [7, 11) is 0. The molecule has 0 aromatic carbocycles. The van der Waals surface area contributed by atoms with Crippen molar-refractivity contribution in [3.63, 3.8) is 0 Å². The molecular weight excluding hydrogens is 206 g/mol. The second kappa shape index (κ2) is 4.00. The number of alkyl halides is 2. The van der Waals surface area contributed by atoms with E-state index in [-0.39, 0.29) is 11.1 Å². The van der Waals surface area contributed by atoms with Gasteiger partial charge in [0.2, 0.25) is 0 Å². The summed E-state index contributed by atoms with van der Waals surface area (Å²) in [5.41, 5.74) is -1.22. The highest BCUT2D eigenvalue weighted by atomic mass is 19.3. The first-order chi connectivity index (χ1) is 6.97. The minimum Gasteiger partial charge on any atom is -0.477 e. The summed E-state index contributed by atoms with van der Waals surface area (Å²) in [5.74, 6) is -1.42. The standard InChI is InChI=1S/C9H6F2N2O2/c1-4-5(3-12)2-6(8(10)11)13-7(4)9(14)15/h2,8H,1H3,(H,14,15). The molecule has 6 heteroatoms. The van der Waals surface area contributed by atoms with E-state index in [1.165, 1.54) is 6.92 Å². The lowest BCUT2D eigenvalue weighted by Gasteiger charge is -2.05. The van der Waals surface area contributed by atoms with Gasteiger partial charge in [0.25, 0.3) is 6.43 Å². The summed E-state index contributed by atoms with van der Waals surface area (Å²) in [5, 5.41) is 17.3. The fourth-order valence-electron chi connectivity index (χ4n) is 1.07. The molecule has 0 aliphatic carbocycles. The van der Waals surface area contributed by atoms with Crippen molar-refractivity contribution in [3.8, 4) is 6.07 Å². The van der Waals surface area contributed by atoms with E-state index >= 15 is 0 Å². The van der Waals surface area contributed by atoms with E-state index in [9.17, 15) is 13.6 Å². The SMILES string of the molecule is Cc1c(C#N)cc(C(F)F)nc1C(=O)O. The van der Waals surface area contributed by atoms with Crippen LogP contribution in [0.2, 0.25) is 0 Å². The number of carbonyl (C=O) groups is 1. The largest absolute Gasteiger partial charge is 0.477 e. The zero-order chi connectivity index (χ0) is 11.6. The molecule has 1 aromatic heterocycles. The predicted octanol–water partition coefficient (Wildman–Crippen LogP) is 1.90. The highest BCUT2D eigenvalue weighted by Crippen LogP contribution is 2.21. The summed E-state index contributed by atoms with van der Waals surface area (Å²) < 4.78 is 24.6. The summed E-state index contributed by atoms with van der Waals surface area (Å²) in [6.45, 7) is 1.35. The van der Waals surface area contributed by atoms with Crippen LogP contribution in [0.15, 0.2) is 6.07 Å². The number of nitriles is 1. The first-order valence-corrected chi connectivity index (χ1v) is 3.90. The van der Waals surface area contributed by atoms with Crippen molar-refractivity contribution in [2.24, 2.45) is 0 Å². The van der Waals surface area contributed by atoms with E-state index in [4.69, 9.17) is 10.4 Å². The van der Waals surface area contributed by atoms with Crippen molar-refractivity contribution < 1.29 is 18.7 Å². The Morgan fingerprint density at radius 2 is 2.27 bits per heavy atom. The lowest BCUT2D eigenvalue weighted by molar-refractivity contribution is 0.0687. The number of pyridine rings is 1. The van der Waals surface area contributed by atoms with E-state index in [1.54, 1.807) is 6.07 Å². The number of hydrogen-bond acceptors (Lipinski definition) is 3. The molecule has 0 radical (unpaired) electrons. The predicted molar refractivity (Wildman–Crippen MR) is 45.6 cm³/mol. The molecule has 0 aliphatic rings. The maximum atomic E-state index is 12.3. The molecule has 1 aromatic rings. The molecule has 0 unspecified atom stereocenters. The van der Waals surface area contributed by atoms with Crippen molar-refractivity contribution in [2.45, 2.75) is 13.3 Å². The Hall–Kier alpha value is -2.03. The van der Waals surface area contributed by atoms with Gasteiger partial charge in [-0.15, -0.1) is 0 Å². The van der Waals surface area contributed by atoms with Crippen molar-refractivity contribution in [1.29, 1.82) is 5.26 Å². The fourth-order valence-corrected chi connectivity index (χ4v) is 1.07. The van der Waals surface area contributed by atoms with E-state index in [1.807, 2.05) is 0 Å². The van der Waals surface area contributed by atoms with Crippen LogP contribution in [0.25, 0.3) is 0 Å². The van der Waals surface area contributed by atoms with Crippen LogP contribution in [-0.2, 0) is 0 Å². The van der Waals surface area contributed by atoms with E-state index < -0.39 is 23.8 Å². The monoisotopic (exact) mass is 212 g/mol. The molecule has 0 saturated heterocycles. The minimum absolute atomic E-state index is 0.0920. The smallest absolute Gasteiger partial charge is 0.354 e. The Bertz CT molecular complexity index is 452. The zero-order valence-electron chi connectivity index (χ0n) is 7.66. The van der Waals surface area contributed by atoms with Gasteiger partial charge >= 0.3 is 5.97 Å². The van der Waals surface area contributed by atoms with Crippen molar-refractivity contribution in [1.82, 2.24) is 4.98 Å². The number of halogens is 2. The van der Waals surface area contributed by atoms with Crippen molar-refractivity contribution in [3.05, 3.63) is 28.6 Å². The van der Waals surface area contributed by atoms with Gasteiger partial charge in [-0.1, -0.05) is 0 Å². The van der Waals surface area contributed by atoms with Crippen molar-refractivity contribution in [2.75, 3.05) is 0 Å². The lowest BCUT2D eigenvalue weighted by atomic mass is 10.1. The lowest BCUT2D eigenvalue weighted by Crippen LogP contribution is -2.08. The molecule has 0 atom stereocenters. The third kappa shape index (κ3) is 2.07. The molecular formula is C9H6F2N2O2. The van der Waals surface area contributed by atoms with Gasteiger partial charge in [-0.3, -0.25) is 0 Å². The van der Waals surface area contributed by atoms with Gasteiger partial charge < -0.3 is 5.11 Å². The zero-order valence-corrected chi connectivity index (χ0v) is 7.66. The molecule has 1 heterocycles. The molecule has 0 aliphatic heterocycles. The highest BCUT2D eigenvalue weighted by molar-refractivity contribution is 5.87. The Labute approximate surface area is 83.8 Å². The van der Waals surface area contributed by atoms with Gasteiger partial charge in [-0.25, -0.2) is 18.6 Å². The molecule has 0 spiro atoms. The first kappa shape index (κ1) is 11.0. The Kier molecular flexibility index (Phi) is 2.95. The number of nitrogens with zero attached hydrogens (tertiary/aromatic N) is 2. The molecule has 1 N–H and O–H groups in total. The third-order valence-electron chi connectivity index (χ3n) is 1.84. The quantitative estimate of drug-likeness (QED) is 0.812. The summed E-state index contributed by atoms with van der Waals surface area (Å²) >= 11 is 0. The van der Waals surface area contributed by atoms with Crippen LogP contribution in [0.1, 0.15) is 33.7 Å². The van der Waals surface area contributed by atoms with Gasteiger partial charge in [-0.05, 0) is 18.6 Å². The van der Waals surface area contributed by atoms with Crippen LogP contribution in [0.3, 0.4) is 0 Å². The fraction of sp³-hybridized carbons (Fsp3) is 0.222. The van der Waals surface area contributed by atoms with Gasteiger partial charge in [0, 0.05) is 0 Å². The maximum Gasteiger partial charge on any atom is 0.354 e. The van der Waals surface area contributed by atoms with Crippen LogP contribution < -0.4 is 0 Å². The molecule has 0 fully saturated rings. The van der Waals surface area contributed by atoms with Crippen LogP contribution in [0.5, 0.6) is 0 Å². The third-order valence-corrected chi connectivity index (χ3v) is 1.84. The van der Waals surface area contributed by atoms with Gasteiger partial charge in [-0.2, -0.15) is 5.26 Å². The molecule has 78 valence electrons. The van der Waals surface area contributed by atoms with Crippen LogP contribution in [-0.4, -0.2) is 16.1 Å². The topological polar surface area (TPSA) is 74.0 Å². The first-order valence-electron chi connectivity index (χ1n) is 3.90. The second-order valence-corrected chi connectivity index (χ2v) is 2.79. The van der Waals surface area contributed by atoms with Crippen molar-refractivity contribution >= 4 is 5.97 Å².